The molecule has 1 saturated heterocycles. The molecule has 1 aliphatic heterocycles. The van der Waals surface area contributed by atoms with Crippen molar-refractivity contribution in [3.8, 4) is 5.75 Å². The van der Waals surface area contributed by atoms with Crippen LogP contribution in [0.5, 0.6) is 5.75 Å². The summed E-state index contributed by atoms with van der Waals surface area (Å²) in [6.45, 7) is 1.38. The summed E-state index contributed by atoms with van der Waals surface area (Å²) >= 11 is 0. The van der Waals surface area contributed by atoms with Crippen LogP contribution in [0.25, 0.3) is 0 Å². The Bertz CT molecular complexity index is 487. The summed E-state index contributed by atoms with van der Waals surface area (Å²) in [4.78, 5) is 14.4. The van der Waals surface area contributed by atoms with Gasteiger partial charge in [0.2, 0.25) is 0 Å². The normalized spacial score (nSPS) is 25.2. The lowest BCUT2D eigenvalue weighted by Crippen LogP contribution is -2.55. The molecule has 2 N–H and O–H groups in total. The number of hydrogen-bond donors (Lipinski definition) is 1. The van der Waals surface area contributed by atoms with Crippen molar-refractivity contribution in [2.45, 2.75) is 37.8 Å². The molecule has 1 amide bonds. The van der Waals surface area contributed by atoms with Crippen LogP contribution in [0.3, 0.4) is 0 Å². The molecule has 1 heterocycles. The zero-order valence-electron chi connectivity index (χ0n) is 12.2. The topological polar surface area (TPSA) is 64.8 Å². The van der Waals surface area contributed by atoms with Gasteiger partial charge >= 0.3 is 0 Å². The second-order valence-electron chi connectivity index (χ2n) is 5.71. The number of nitrogen functional groups attached to an aromatic ring is 1. The van der Waals surface area contributed by atoms with Crippen molar-refractivity contribution < 1.29 is 14.3 Å². The Kier molecular flexibility index (Phi) is 4.29. The molecule has 5 heteroatoms. The maximum absolute atomic E-state index is 12.4. The largest absolute Gasteiger partial charge is 0.484 e. The van der Waals surface area contributed by atoms with Gasteiger partial charge in [-0.2, -0.15) is 0 Å². The van der Waals surface area contributed by atoms with E-state index < -0.39 is 0 Å². The van der Waals surface area contributed by atoms with Crippen molar-refractivity contribution >= 4 is 11.6 Å². The Morgan fingerprint density at radius 2 is 2.05 bits per heavy atom. The molecule has 2 unspecified atom stereocenters. The van der Waals surface area contributed by atoms with Gasteiger partial charge in [0, 0.05) is 12.2 Å². The van der Waals surface area contributed by atoms with E-state index in [0.717, 1.165) is 12.8 Å². The van der Waals surface area contributed by atoms with E-state index in [4.69, 9.17) is 15.2 Å². The highest BCUT2D eigenvalue weighted by Gasteiger charge is 2.36. The summed E-state index contributed by atoms with van der Waals surface area (Å²) in [5.41, 5.74) is 6.32. The maximum atomic E-state index is 12.4. The summed E-state index contributed by atoms with van der Waals surface area (Å²) in [6.07, 6.45) is 4.69. The highest BCUT2D eigenvalue weighted by Crippen LogP contribution is 2.28. The molecule has 1 aromatic carbocycles. The van der Waals surface area contributed by atoms with Crippen LogP contribution < -0.4 is 10.5 Å². The number of amides is 1. The lowest BCUT2D eigenvalue weighted by Gasteiger charge is -2.43. The second-order valence-corrected chi connectivity index (χ2v) is 5.71. The van der Waals surface area contributed by atoms with E-state index in [1.165, 1.54) is 12.8 Å². The SMILES string of the molecule is Nc1ccc(OCC(=O)N2CCOC3CCCCC32)cc1. The molecule has 1 aliphatic carbocycles. The van der Waals surface area contributed by atoms with Crippen LogP contribution >= 0.6 is 0 Å². The molecule has 1 aromatic rings. The molecule has 3 rings (SSSR count). The summed E-state index contributed by atoms with van der Waals surface area (Å²) in [7, 11) is 0. The molecule has 2 aliphatic rings. The van der Waals surface area contributed by atoms with Gasteiger partial charge in [0.1, 0.15) is 5.75 Å². The van der Waals surface area contributed by atoms with Gasteiger partial charge in [0.25, 0.3) is 5.91 Å². The smallest absolute Gasteiger partial charge is 0.260 e. The first-order valence-electron chi connectivity index (χ1n) is 7.63. The Morgan fingerprint density at radius 3 is 2.86 bits per heavy atom. The number of rotatable bonds is 3. The van der Waals surface area contributed by atoms with Crippen molar-refractivity contribution in [3.05, 3.63) is 24.3 Å². The van der Waals surface area contributed by atoms with Gasteiger partial charge in [-0.15, -0.1) is 0 Å². The number of anilines is 1. The first-order valence-corrected chi connectivity index (χ1v) is 7.63. The Morgan fingerprint density at radius 1 is 1.29 bits per heavy atom. The summed E-state index contributed by atoms with van der Waals surface area (Å²) in [5, 5.41) is 0. The summed E-state index contributed by atoms with van der Waals surface area (Å²) < 4.78 is 11.4. The second kappa shape index (κ2) is 6.35. The lowest BCUT2D eigenvalue weighted by molar-refractivity contribution is -0.151. The van der Waals surface area contributed by atoms with Crippen LogP contribution in [-0.2, 0) is 9.53 Å². The molecule has 0 spiro atoms. The fourth-order valence-corrected chi connectivity index (χ4v) is 3.20. The van der Waals surface area contributed by atoms with E-state index in [1.807, 2.05) is 4.90 Å². The van der Waals surface area contributed by atoms with Crippen LogP contribution in [0.1, 0.15) is 25.7 Å². The van der Waals surface area contributed by atoms with Crippen LogP contribution in [0.15, 0.2) is 24.3 Å². The van der Waals surface area contributed by atoms with Gasteiger partial charge in [0.05, 0.1) is 18.8 Å². The lowest BCUT2D eigenvalue weighted by atomic mass is 9.90. The number of carbonyl (C=O) groups is 1. The number of nitrogens with zero attached hydrogens (tertiary/aromatic N) is 1. The first kappa shape index (κ1) is 14.2. The molecule has 21 heavy (non-hydrogen) atoms. The van der Waals surface area contributed by atoms with Gasteiger partial charge in [0.15, 0.2) is 6.61 Å². The Hall–Kier alpha value is -1.75. The van der Waals surface area contributed by atoms with E-state index in [0.29, 0.717) is 24.6 Å². The quantitative estimate of drug-likeness (QED) is 0.862. The molecule has 0 aromatic heterocycles. The predicted molar refractivity (Wildman–Crippen MR) is 80.1 cm³/mol. The van der Waals surface area contributed by atoms with Crippen LogP contribution in [0, 0.1) is 0 Å². The highest BCUT2D eigenvalue weighted by molar-refractivity contribution is 5.78. The van der Waals surface area contributed by atoms with E-state index >= 15 is 0 Å². The molecule has 1 saturated carbocycles. The van der Waals surface area contributed by atoms with Gasteiger partial charge in [-0.1, -0.05) is 12.8 Å². The van der Waals surface area contributed by atoms with Crippen LogP contribution in [-0.4, -0.2) is 42.7 Å². The van der Waals surface area contributed by atoms with Crippen molar-refractivity contribution in [3.63, 3.8) is 0 Å². The fraction of sp³-hybridized carbons (Fsp3) is 0.562. The number of fused-ring (bicyclic) bond motifs is 1. The molecular formula is C16H22N2O3. The van der Waals surface area contributed by atoms with Gasteiger partial charge in [-0.05, 0) is 37.1 Å². The minimum absolute atomic E-state index is 0.0482. The molecule has 2 fully saturated rings. The zero-order valence-corrected chi connectivity index (χ0v) is 12.2. The highest BCUT2D eigenvalue weighted by atomic mass is 16.5. The molecule has 5 nitrogen and oxygen atoms in total. The zero-order chi connectivity index (χ0) is 14.7. The monoisotopic (exact) mass is 290 g/mol. The molecule has 0 radical (unpaired) electrons. The standard InChI is InChI=1S/C16H22N2O3/c17-12-5-7-13(8-6-12)21-11-16(19)18-9-10-20-15-4-2-1-3-14(15)18/h5-8,14-15H,1-4,9-11,17H2. The number of morpholine rings is 1. The average Bonchev–Trinajstić information content (AvgIpc) is 2.53. The van der Waals surface area contributed by atoms with Gasteiger partial charge < -0.3 is 20.1 Å². The third-order valence-corrected chi connectivity index (χ3v) is 4.29. The predicted octanol–water partition coefficient (Wildman–Crippen LogP) is 1.82. The molecule has 2 atom stereocenters. The fourth-order valence-electron chi connectivity index (χ4n) is 3.20. The number of carbonyl (C=O) groups excluding carboxylic acids is 1. The van der Waals surface area contributed by atoms with E-state index in [-0.39, 0.29) is 24.7 Å². The number of ether oxygens (including phenoxy) is 2. The number of nitrogens with two attached hydrogens (primary N) is 1. The minimum Gasteiger partial charge on any atom is -0.484 e. The maximum Gasteiger partial charge on any atom is 0.260 e. The number of benzene rings is 1. The number of hydrogen-bond acceptors (Lipinski definition) is 4. The minimum atomic E-state index is 0.0482. The first-order chi connectivity index (χ1) is 10.2. The Labute approximate surface area is 125 Å². The average molecular weight is 290 g/mol. The van der Waals surface area contributed by atoms with E-state index in [1.54, 1.807) is 24.3 Å². The van der Waals surface area contributed by atoms with E-state index in [9.17, 15) is 4.79 Å². The van der Waals surface area contributed by atoms with Crippen molar-refractivity contribution in [1.29, 1.82) is 0 Å². The van der Waals surface area contributed by atoms with Gasteiger partial charge in [-0.25, -0.2) is 0 Å². The third kappa shape index (κ3) is 3.29. The van der Waals surface area contributed by atoms with E-state index in [2.05, 4.69) is 0 Å². The molecule has 0 bridgehead atoms. The summed E-state index contributed by atoms with van der Waals surface area (Å²) in [5.74, 6) is 0.720. The van der Waals surface area contributed by atoms with Gasteiger partial charge in [-0.3, -0.25) is 4.79 Å². The third-order valence-electron chi connectivity index (χ3n) is 4.29. The Balaban J connectivity index is 1.57. The van der Waals surface area contributed by atoms with Crippen LogP contribution in [0.2, 0.25) is 0 Å². The van der Waals surface area contributed by atoms with Crippen molar-refractivity contribution in [1.82, 2.24) is 4.90 Å². The van der Waals surface area contributed by atoms with Crippen molar-refractivity contribution in [2.24, 2.45) is 0 Å². The molecule has 114 valence electrons. The van der Waals surface area contributed by atoms with Crippen molar-refractivity contribution in [2.75, 3.05) is 25.5 Å². The molecular weight excluding hydrogens is 268 g/mol. The van der Waals surface area contributed by atoms with Crippen LogP contribution in [0.4, 0.5) is 5.69 Å². The summed E-state index contributed by atoms with van der Waals surface area (Å²) in [6, 6.07) is 7.34.